The number of aryl methyl sites for hydroxylation is 1. The Morgan fingerprint density at radius 1 is 1.21 bits per heavy atom. The molecule has 0 aromatic heterocycles. The Morgan fingerprint density at radius 3 is 2.58 bits per heavy atom. The van der Waals surface area contributed by atoms with E-state index in [0.29, 0.717) is 25.0 Å². The van der Waals surface area contributed by atoms with Gasteiger partial charge in [-0.25, -0.2) is 4.99 Å². The number of ether oxygens (including phenoxy) is 2. The molecule has 0 radical (unpaired) electrons. The zero-order chi connectivity index (χ0) is 23.8. The third-order valence-corrected chi connectivity index (χ3v) is 7.86. The van der Waals surface area contributed by atoms with Gasteiger partial charge in [-0.2, -0.15) is 0 Å². The summed E-state index contributed by atoms with van der Waals surface area (Å²) in [5.74, 6) is 0.999. The van der Waals surface area contributed by atoms with Crippen molar-refractivity contribution < 1.29 is 14.3 Å². The second-order valence-corrected chi connectivity index (χ2v) is 10.9. The fourth-order valence-electron chi connectivity index (χ4n) is 6.21. The predicted octanol–water partition coefficient (Wildman–Crippen LogP) is 4.18. The number of fused-ring (bicyclic) bond motifs is 3. The molecule has 0 bridgehead atoms. The standard InChI is InChI=1S/C27H41N3O3/c1-18(2)6-7-20-8-9-21-17-26(12-10-22(11-13-26)33-19(3)4)27(23(21)16-20)24(31)30(14-15-32-5)25(28)29-27/h8-9,16,18-19,22H,6-7,10-15,17H2,1-5H3,(H2,28,29). The Balaban J connectivity index is 1.73. The number of hydrogen-bond acceptors (Lipinski definition) is 5. The Labute approximate surface area is 198 Å². The van der Waals surface area contributed by atoms with Crippen molar-refractivity contribution in [3.63, 3.8) is 0 Å². The number of carbonyl (C=O) groups excluding carboxylic acids is 1. The first kappa shape index (κ1) is 24.2. The minimum atomic E-state index is -0.920. The first-order valence-electron chi connectivity index (χ1n) is 12.7. The summed E-state index contributed by atoms with van der Waals surface area (Å²) < 4.78 is 11.4. The van der Waals surface area contributed by atoms with Crippen molar-refractivity contribution in [2.45, 2.75) is 90.4 Å². The molecule has 1 saturated carbocycles. The van der Waals surface area contributed by atoms with Gasteiger partial charge in [0.2, 0.25) is 0 Å². The van der Waals surface area contributed by atoms with Gasteiger partial charge in [0, 0.05) is 12.5 Å². The van der Waals surface area contributed by atoms with Gasteiger partial charge in [-0.15, -0.1) is 0 Å². The first-order chi connectivity index (χ1) is 15.7. The van der Waals surface area contributed by atoms with Crippen molar-refractivity contribution in [1.29, 1.82) is 0 Å². The summed E-state index contributed by atoms with van der Waals surface area (Å²) in [5.41, 5.74) is 8.88. The van der Waals surface area contributed by atoms with Gasteiger partial charge in [-0.1, -0.05) is 32.0 Å². The lowest BCUT2D eigenvalue weighted by atomic mass is 9.61. The number of amides is 1. The molecule has 182 valence electrons. The van der Waals surface area contributed by atoms with Gasteiger partial charge in [0.25, 0.3) is 5.91 Å². The Morgan fingerprint density at radius 2 is 1.94 bits per heavy atom. The average molecular weight is 456 g/mol. The van der Waals surface area contributed by atoms with Crippen LogP contribution in [0, 0.1) is 11.3 Å². The van der Waals surface area contributed by atoms with E-state index in [-0.39, 0.29) is 23.5 Å². The van der Waals surface area contributed by atoms with Gasteiger partial charge in [0.05, 0.1) is 25.4 Å². The van der Waals surface area contributed by atoms with Crippen LogP contribution in [0.5, 0.6) is 0 Å². The highest BCUT2D eigenvalue weighted by molar-refractivity contribution is 6.08. The SMILES string of the molecule is COCCN1C(=O)C2(N=C1N)c1cc(CCC(C)C)ccc1CC21CCC(OC(C)C)CC1. The quantitative estimate of drug-likeness (QED) is 0.638. The minimum absolute atomic E-state index is 0.0278. The number of nitrogens with zero attached hydrogens (tertiary/aromatic N) is 2. The summed E-state index contributed by atoms with van der Waals surface area (Å²) in [4.78, 5) is 20.9. The van der Waals surface area contributed by atoms with E-state index in [1.54, 1.807) is 12.0 Å². The number of methoxy groups -OCH3 is 1. The smallest absolute Gasteiger partial charge is 0.262 e. The Hall–Kier alpha value is -1.92. The topological polar surface area (TPSA) is 77.2 Å². The molecule has 2 spiro atoms. The molecule has 1 aromatic rings. The first-order valence-corrected chi connectivity index (χ1v) is 12.7. The lowest BCUT2D eigenvalue weighted by Crippen LogP contribution is -2.52. The molecule has 3 aliphatic rings. The van der Waals surface area contributed by atoms with E-state index >= 15 is 0 Å². The van der Waals surface area contributed by atoms with Crippen LogP contribution in [0.2, 0.25) is 0 Å². The molecule has 0 saturated heterocycles. The van der Waals surface area contributed by atoms with E-state index in [1.165, 1.54) is 11.1 Å². The molecule has 2 aliphatic carbocycles. The number of rotatable bonds is 8. The summed E-state index contributed by atoms with van der Waals surface area (Å²) in [5, 5.41) is 0. The van der Waals surface area contributed by atoms with Gasteiger partial charge in [-0.3, -0.25) is 9.69 Å². The fraction of sp³-hybridized carbons (Fsp3) is 0.704. The number of aliphatic imine (C=N–C) groups is 1. The van der Waals surface area contributed by atoms with Gasteiger partial charge in [-0.05, 0) is 81.4 Å². The highest BCUT2D eigenvalue weighted by Crippen LogP contribution is 2.62. The lowest BCUT2D eigenvalue weighted by molar-refractivity contribution is -0.139. The van der Waals surface area contributed by atoms with Crippen LogP contribution in [0.3, 0.4) is 0 Å². The number of guanidine groups is 1. The third-order valence-electron chi connectivity index (χ3n) is 7.86. The molecule has 1 fully saturated rings. The van der Waals surface area contributed by atoms with E-state index in [2.05, 4.69) is 45.9 Å². The maximum absolute atomic E-state index is 14.2. The number of hydrogen-bond donors (Lipinski definition) is 1. The van der Waals surface area contributed by atoms with Gasteiger partial charge in [0.15, 0.2) is 11.5 Å². The molecule has 1 heterocycles. The van der Waals surface area contributed by atoms with E-state index in [9.17, 15) is 4.79 Å². The van der Waals surface area contributed by atoms with Gasteiger partial charge in [0.1, 0.15) is 0 Å². The van der Waals surface area contributed by atoms with Crippen LogP contribution in [0.25, 0.3) is 0 Å². The molecular formula is C27H41N3O3. The molecule has 6 nitrogen and oxygen atoms in total. The number of benzene rings is 1. The van der Waals surface area contributed by atoms with E-state index in [4.69, 9.17) is 20.2 Å². The number of carbonyl (C=O) groups is 1. The minimum Gasteiger partial charge on any atom is -0.383 e. The highest BCUT2D eigenvalue weighted by atomic mass is 16.5. The van der Waals surface area contributed by atoms with Gasteiger partial charge < -0.3 is 15.2 Å². The molecule has 6 heteroatoms. The lowest BCUT2D eigenvalue weighted by Gasteiger charge is -2.45. The normalized spacial score (nSPS) is 29.1. The predicted molar refractivity (Wildman–Crippen MR) is 131 cm³/mol. The van der Waals surface area contributed by atoms with Crippen molar-refractivity contribution in [3.8, 4) is 0 Å². The Bertz CT molecular complexity index is 902. The second kappa shape index (κ2) is 9.38. The van der Waals surface area contributed by atoms with Crippen LogP contribution >= 0.6 is 0 Å². The molecule has 4 rings (SSSR count). The van der Waals surface area contributed by atoms with Crippen molar-refractivity contribution in [3.05, 3.63) is 34.9 Å². The van der Waals surface area contributed by atoms with Crippen LogP contribution in [0.1, 0.15) is 76.5 Å². The van der Waals surface area contributed by atoms with E-state index < -0.39 is 5.54 Å². The molecule has 1 amide bonds. The summed E-state index contributed by atoms with van der Waals surface area (Å²) in [6.07, 6.45) is 7.23. The second-order valence-electron chi connectivity index (χ2n) is 10.9. The van der Waals surface area contributed by atoms with Gasteiger partial charge >= 0.3 is 0 Å². The summed E-state index contributed by atoms with van der Waals surface area (Å²) >= 11 is 0. The number of nitrogens with two attached hydrogens (primary N) is 1. The summed E-state index contributed by atoms with van der Waals surface area (Å²) in [6.45, 7) is 9.56. The molecule has 1 aromatic carbocycles. The van der Waals surface area contributed by atoms with E-state index in [1.807, 2.05) is 0 Å². The average Bonchev–Trinajstić information content (AvgIpc) is 3.18. The third kappa shape index (κ3) is 4.21. The van der Waals surface area contributed by atoms with Crippen molar-refractivity contribution in [2.24, 2.45) is 22.1 Å². The van der Waals surface area contributed by atoms with Crippen molar-refractivity contribution in [2.75, 3.05) is 20.3 Å². The maximum atomic E-state index is 14.2. The van der Waals surface area contributed by atoms with Crippen LogP contribution in [-0.2, 0) is 32.6 Å². The fourth-order valence-corrected chi connectivity index (χ4v) is 6.21. The maximum Gasteiger partial charge on any atom is 0.262 e. The molecule has 1 aliphatic heterocycles. The Kier molecular flexibility index (Phi) is 6.88. The van der Waals surface area contributed by atoms with Crippen LogP contribution in [-0.4, -0.2) is 49.2 Å². The summed E-state index contributed by atoms with van der Waals surface area (Å²) in [7, 11) is 1.65. The van der Waals surface area contributed by atoms with Crippen LogP contribution in [0.15, 0.2) is 23.2 Å². The van der Waals surface area contributed by atoms with Crippen molar-refractivity contribution in [1.82, 2.24) is 4.90 Å². The van der Waals surface area contributed by atoms with E-state index in [0.717, 1.165) is 50.5 Å². The van der Waals surface area contributed by atoms with Crippen molar-refractivity contribution >= 4 is 11.9 Å². The van der Waals surface area contributed by atoms with Crippen LogP contribution < -0.4 is 5.73 Å². The molecule has 1 unspecified atom stereocenters. The molecule has 33 heavy (non-hydrogen) atoms. The molecule has 1 atom stereocenters. The zero-order valence-electron chi connectivity index (χ0n) is 21.0. The monoisotopic (exact) mass is 455 g/mol. The molecular weight excluding hydrogens is 414 g/mol. The zero-order valence-corrected chi connectivity index (χ0v) is 21.0. The summed E-state index contributed by atoms with van der Waals surface area (Å²) in [6, 6.07) is 6.75. The molecule has 2 N–H and O–H groups in total. The van der Waals surface area contributed by atoms with Crippen LogP contribution in [0.4, 0.5) is 0 Å². The highest BCUT2D eigenvalue weighted by Gasteiger charge is 2.66. The largest absolute Gasteiger partial charge is 0.383 e.